The van der Waals surface area contributed by atoms with Crippen molar-refractivity contribution < 1.29 is 13.5 Å². The van der Waals surface area contributed by atoms with Gasteiger partial charge in [-0.25, -0.2) is 14.2 Å². The standard InChI is InChI=1S/C13H18F2N2O/c1-13(6-2-3-7-18-13)12(17-16)10-8-9(14)4-5-11(10)15/h4-5,8,12,17H,2-3,6-7,16H2,1H3. The average Bonchev–Trinajstić information content (AvgIpc) is 2.35. The van der Waals surface area contributed by atoms with Gasteiger partial charge in [0, 0.05) is 12.2 Å². The molecule has 2 rings (SSSR count). The molecule has 3 nitrogen and oxygen atoms in total. The molecule has 1 saturated heterocycles. The Morgan fingerprint density at radius 2 is 2.17 bits per heavy atom. The van der Waals surface area contributed by atoms with E-state index in [0.717, 1.165) is 31.4 Å². The van der Waals surface area contributed by atoms with E-state index in [1.807, 2.05) is 6.92 Å². The van der Waals surface area contributed by atoms with Crippen LogP contribution in [0.25, 0.3) is 0 Å². The monoisotopic (exact) mass is 256 g/mol. The number of hydrazine groups is 1. The smallest absolute Gasteiger partial charge is 0.128 e. The lowest BCUT2D eigenvalue weighted by molar-refractivity contribution is -0.0905. The van der Waals surface area contributed by atoms with Crippen LogP contribution in [-0.2, 0) is 4.74 Å². The highest BCUT2D eigenvalue weighted by Crippen LogP contribution is 2.37. The molecule has 1 aliphatic rings. The first kappa shape index (κ1) is 13.4. The molecular weight excluding hydrogens is 238 g/mol. The molecule has 0 aliphatic carbocycles. The maximum absolute atomic E-state index is 13.8. The van der Waals surface area contributed by atoms with Crippen molar-refractivity contribution in [2.75, 3.05) is 6.61 Å². The summed E-state index contributed by atoms with van der Waals surface area (Å²) in [7, 11) is 0. The second kappa shape index (κ2) is 5.30. The molecule has 1 aliphatic heterocycles. The summed E-state index contributed by atoms with van der Waals surface area (Å²) in [5, 5.41) is 0. The van der Waals surface area contributed by atoms with Crippen LogP contribution in [0.3, 0.4) is 0 Å². The van der Waals surface area contributed by atoms with Gasteiger partial charge in [0.1, 0.15) is 11.6 Å². The number of halogens is 2. The van der Waals surface area contributed by atoms with Gasteiger partial charge in [0.2, 0.25) is 0 Å². The van der Waals surface area contributed by atoms with Gasteiger partial charge in [-0.15, -0.1) is 0 Å². The lowest BCUT2D eigenvalue weighted by Crippen LogP contribution is -2.48. The van der Waals surface area contributed by atoms with Gasteiger partial charge in [-0.3, -0.25) is 5.84 Å². The predicted molar refractivity (Wildman–Crippen MR) is 64.6 cm³/mol. The van der Waals surface area contributed by atoms with Crippen LogP contribution in [0.1, 0.15) is 37.8 Å². The highest BCUT2D eigenvalue weighted by molar-refractivity contribution is 5.25. The fourth-order valence-corrected chi connectivity index (χ4v) is 2.51. The highest BCUT2D eigenvalue weighted by atomic mass is 19.1. The second-order valence-electron chi connectivity index (χ2n) is 4.88. The minimum atomic E-state index is -0.609. The Hall–Kier alpha value is -1.04. The summed E-state index contributed by atoms with van der Waals surface area (Å²) in [5.41, 5.74) is 2.17. The molecule has 100 valence electrons. The van der Waals surface area contributed by atoms with Crippen LogP contribution in [0.15, 0.2) is 18.2 Å². The van der Waals surface area contributed by atoms with Gasteiger partial charge in [0.25, 0.3) is 0 Å². The van der Waals surface area contributed by atoms with Crippen molar-refractivity contribution in [3.8, 4) is 0 Å². The number of hydrogen-bond donors (Lipinski definition) is 2. The Bertz CT molecular complexity index is 419. The molecule has 1 heterocycles. The highest BCUT2D eigenvalue weighted by Gasteiger charge is 2.38. The third-order valence-electron chi connectivity index (χ3n) is 3.55. The number of nitrogens with two attached hydrogens (primary N) is 1. The molecule has 0 radical (unpaired) electrons. The van der Waals surface area contributed by atoms with Crippen molar-refractivity contribution in [2.24, 2.45) is 5.84 Å². The van der Waals surface area contributed by atoms with Crippen LogP contribution in [-0.4, -0.2) is 12.2 Å². The molecule has 18 heavy (non-hydrogen) atoms. The van der Waals surface area contributed by atoms with Crippen LogP contribution in [0.5, 0.6) is 0 Å². The zero-order valence-corrected chi connectivity index (χ0v) is 10.4. The van der Waals surface area contributed by atoms with Gasteiger partial charge >= 0.3 is 0 Å². The molecule has 3 N–H and O–H groups in total. The molecule has 0 saturated carbocycles. The molecular formula is C13H18F2N2O. The zero-order chi connectivity index (χ0) is 13.2. The summed E-state index contributed by atoms with van der Waals surface area (Å²) in [4.78, 5) is 0. The third kappa shape index (κ3) is 2.53. The van der Waals surface area contributed by atoms with E-state index in [2.05, 4.69) is 5.43 Å². The summed E-state index contributed by atoms with van der Waals surface area (Å²) < 4.78 is 32.8. The fraction of sp³-hybridized carbons (Fsp3) is 0.538. The normalized spacial score (nSPS) is 26.0. The molecule has 0 aromatic heterocycles. The molecule has 0 amide bonds. The van der Waals surface area contributed by atoms with Gasteiger partial charge < -0.3 is 4.74 Å². The first-order valence-corrected chi connectivity index (χ1v) is 6.12. The average molecular weight is 256 g/mol. The van der Waals surface area contributed by atoms with E-state index in [1.54, 1.807) is 0 Å². The van der Waals surface area contributed by atoms with Crippen LogP contribution >= 0.6 is 0 Å². The number of benzene rings is 1. The number of hydrogen-bond acceptors (Lipinski definition) is 3. The van der Waals surface area contributed by atoms with Crippen molar-refractivity contribution in [1.82, 2.24) is 5.43 Å². The Morgan fingerprint density at radius 3 is 2.78 bits per heavy atom. The summed E-state index contributed by atoms with van der Waals surface area (Å²) >= 11 is 0. The van der Waals surface area contributed by atoms with Crippen LogP contribution in [0, 0.1) is 11.6 Å². The molecule has 0 spiro atoms. The quantitative estimate of drug-likeness (QED) is 0.645. The largest absolute Gasteiger partial charge is 0.373 e. The lowest BCUT2D eigenvalue weighted by Gasteiger charge is -2.40. The molecule has 5 heteroatoms. The SMILES string of the molecule is CC1(C(NN)c2cc(F)ccc2F)CCCCO1. The molecule has 1 aromatic rings. The summed E-state index contributed by atoms with van der Waals surface area (Å²) in [6.45, 7) is 2.49. The van der Waals surface area contributed by atoms with E-state index in [-0.39, 0.29) is 5.56 Å². The Labute approximate surface area is 105 Å². The lowest BCUT2D eigenvalue weighted by atomic mass is 9.84. The first-order valence-electron chi connectivity index (χ1n) is 6.12. The second-order valence-corrected chi connectivity index (χ2v) is 4.88. The van der Waals surface area contributed by atoms with E-state index in [1.165, 1.54) is 6.07 Å². The van der Waals surface area contributed by atoms with E-state index in [9.17, 15) is 8.78 Å². The van der Waals surface area contributed by atoms with Crippen molar-refractivity contribution in [1.29, 1.82) is 0 Å². The summed E-state index contributed by atoms with van der Waals surface area (Å²) in [6.07, 6.45) is 2.74. The molecule has 2 unspecified atom stereocenters. The number of rotatable bonds is 3. The van der Waals surface area contributed by atoms with Gasteiger partial charge in [-0.2, -0.15) is 0 Å². The Balaban J connectivity index is 2.35. The van der Waals surface area contributed by atoms with E-state index < -0.39 is 23.3 Å². The minimum absolute atomic E-state index is 0.210. The maximum atomic E-state index is 13.8. The number of nitrogens with one attached hydrogen (secondary N) is 1. The molecule has 1 fully saturated rings. The summed E-state index contributed by atoms with van der Waals surface area (Å²) in [6, 6.07) is 2.81. The third-order valence-corrected chi connectivity index (χ3v) is 3.55. The van der Waals surface area contributed by atoms with Crippen LogP contribution in [0.2, 0.25) is 0 Å². The van der Waals surface area contributed by atoms with Gasteiger partial charge in [0.15, 0.2) is 0 Å². The summed E-state index contributed by atoms with van der Waals surface area (Å²) in [5.74, 6) is 4.56. The van der Waals surface area contributed by atoms with Gasteiger partial charge in [-0.1, -0.05) is 0 Å². The number of ether oxygens (including phenoxy) is 1. The van der Waals surface area contributed by atoms with Crippen LogP contribution < -0.4 is 11.3 Å². The Kier molecular flexibility index (Phi) is 3.94. The van der Waals surface area contributed by atoms with Crippen molar-refractivity contribution in [3.05, 3.63) is 35.4 Å². The van der Waals surface area contributed by atoms with Gasteiger partial charge in [-0.05, 0) is 44.4 Å². The van der Waals surface area contributed by atoms with Crippen LogP contribution in [0.4, 0.5) is 8.78 Å². The fourth-order valence-electron chi connectivity index (χ4n) is 2.51. The van der Waals surface area contributed by atoms with Crippen molar-refractivity contribution >= 4 is 0 Å². The topological polar surface area (TPSA) is 47.3 Å². The van der Waals surface area contributed by atoms with E-state index in [4.69, 9.17) is 10.6 Å². The van der Waals surface area contributed by atoms with E-state index in [0.29, 0.717) is 6.61 Å². The zero-order valence-electron chi connectivity index (χ0n) is 10.4. The minimum Gasteiger partial charge on any atom is -0.373 e. The van der Waals surface area contributed by atoms with Crippen molar-refractivity contribution in [2.45, 2.75) is 37.8 Å². The molecule has 2 atom stereocenters. The molecule has 1 aromatic carbocycles. The van der Waals surface area contributed by atoms with E-state index >= 15 is 0 Å². The molecule has 0 bridgehead atoms. The first-order chi connectivity index (χ1) is 8.57. The van der Waals surface area contributed by atoms with Gasteiger partial charge in [0.05, 0.1) is 11.6 Å². The predicted octanol–water partition coefficient (Wildman–Crippen LogP) is 2.43. The Morgan fingerprint density at radius 1 is 1.39 bits per heavy atom. The van der Waals surface area contributed by atoms with Crippen molar-refractivity contribution in [3.63, 3.8) is 0 Å². The maximum Gasteiger partial charge on any atom is 0.128 e.